The summed E-state index contributed by atoms with van der Waals surface area (Å²) >= 11 is 5.99. The lowest BCUT2D eigenvalue weighted by atomic mass is 9.88. The Hall–Kier alpha value is -2.38. The summed E-state index contributed by atoms with van der Waals surface area (Å²) in [6, 6.07) is 13.9. The molecular formula is C31H42Cl3N5O5S. The number of benzene rings is 2. The number of halogens is 3. The van der Waals surface area contributed by atoms with Gasteiger partial charge in [-0.05, 0) is 60.7 Å². The van der Waals surface area contributed by atoms with Crippen LogP contribution in [0.3, 0.4) is 0 Å². The number of sulfone groups is 1. The molecule has 0 radical (unpaired) electrons. The molecule has 3 aromatic rings. The SMILES string of the molecule is CS(=O)(=O)CCCOCCOCCN1CCN(c2nc(N)nc3c2CCc2cc(OCc4ccc(Cl)cc4)ccc2-3)CC1.Cl.Cl. The third-order valence-corrected chi connectivity index (χ3v) is 8.98. The highest BCUT2D eigenvalue weighted by atomic mass is 35.5. The predicted octanol–water partition coefficient (Wildman–Crippen LogP) is 4.49. The number of nitrogens with two attached hydrogens (primary N) is 1. The second-order valence-electron chi connectivity index (χ2n) is 11.0. The summed E-state index contributed by atoms with van der Waals surface area (Å²) in [6.07, 6.45) is 3.49. The zero-order valence-electron chi connectivity index (χ0n) is 25.5. The van der Waals surface area contributed by atoms with E-state index in [1.54, 1.807) is 0 Å². The van der Waals surface area contributed by atoms with Gasteiger partial charge in [0, 0.05) is 61.7 Å². The van der Waals surface area contributed by atoms with Crippen molar-refractivity contribution in [3.63, 3.8) is 0 Å². The molecule has 0 atom stereocenters. The number of anilines is 2. The Balaban J connectivity index is 0.00000276. The first kappa shape index (κ1) is 37.1. The minimum absolute atomic E-state index is 0. The predicted molar refractivity (Wildman–Crippen MR) is 184 cm³/mol. The highest BCUT2D eigenvalue weighted by Gasteiger charge is 2.27. The summed E-state index contributed by atoms with van der Waals surface area (Å²) in [5.41, 5.74) is 11.7. The van der Waals surface area contributed by atoms with Gasteiger partial charge in [-0.2, -0.15) is 4.98 Å². The van der Waals surface area contributed by atoms with Crippen LogP contribution in [0.2, 0.25) is 5.02 Å². The van der Waals surface area contributed by atoms with Gasteiger partial charge in [0.05, 0.1) is 31.3 Å². The van der Waals surface area contributed by atoms with Gasteiger partial charge in [0.25, 0.3) is 0 Å². The van der Waals surface area contributed by atoms with Gasteiger partial charge in [-0.15, -0.1) is 24.8 Å². The molecule has 45 heavy (non-hydrogen) atoms. The number of aromatic nitrogens is 2. The number of ether oxygens (including phenoxy) is 3. The van der Waals surface area contributed by atoms with Crippen LogP contribution in [0.5, 0.6) is 5.75 Å². The number of nitrogen functional groups attached to an aromatic ring is 1. The van der Waals surface area contributed by atoms with Crippen LogP contribution in [0, 0.1) is 0 Å². The molecule has 0 unspecified atom stereocenters. The number of piperazine rings is 1. The smallest absolute Gasteiger partial charge is 0.222 e. The Morgan fingerprint density at radius 2 is 1.62 bits per heavy atom. The zero-order valence-corrected chi connectivity index (χ0v) is 28.7. The fourth-order valence-electron chi connectivity index (χ4n) is 5.43. The number of nitrogens with zero attached hydrogens (tertiary/aromatic N) is 4. The molecular weight excluding hydrogens is 661 g/mol. The van der Waals surface area contributed by atoms with Crippen LogP contribution in [0.4, 0.5) is 11.8 Å². The number of hydrogen-bond acceptors (Lipinski definition) is 10. The highest BCUT2D eigenvalue weighted by Crippen LogP contribution is 2.38. The molecule has 1 saturated heterocycles. The minimum atomic E-state index is -2.93. The van der Waals surface area contributed by atoms with Crippen molar-refractivity contribution in [1.82, 2.24) is 14.9 Å². The molecule has 0 amide bonds. The van der Waals surface area contributed by atoms with Crippen molar-refractivity contribution >= 4 is 58.0 Å². The fourth-order valence-corrected chi connectivity index (χ4v) is 6.20. The molecule has 1 aliphatic heterocycles. The van der Waals surface area contributed by atoms with Crippen molar-refractivity contribution in [2.75, 3.05) is 81.8 Å². The first-order chi connectivity index (χ1) is 20.7. The molecule has 2 aromatic carbocycles. The van der Waals surface area contributed by atoms with Crippen molar-refractivity contribution < 1.29 is 22.6 Å². The van der Waals surface area contributed by atoms with Gasteiger partial charge in [-0.1, -0.05) is 23.7 Å². The van der Waals surface area contributed by atoms with E-state index >= 15 is 0 Å². The average molecular weight is 703 g/mol. The number of fused-ring (bicyclic) bond motifs is 3. The van der Waals surface area contributed by atoms with Crippen molar-refractivity contribution in [2.24, 2.45) is 0 Å². The van der Waals surface area contributed by atoms with E-state index < -0.39 is 9.84 Å². The van der Waals surface area contributed by atoms with Gasteiger partial charge in [0.2, 0.25) is 5.95 Å². The molecule has 5 rings (SSSR count). The van der Waals surface area contributed by atoms with Gasteiger partial charge >= 0.3 is 0 Å². The van der Waals surface area contributed by atoms with Gasteiger partial charge in [0.15, 0.2) is 0 Å². The van der Waals surface area contributed by atoms with Crippen LogP contribution >= 0.6 is 36.4 Å². The quantitative estimate of drug-likeness (QED) is 0.241. The molecule has 248 valence electrons. The van der Waals surface area contributed by atoms with Crippen LogP contribution in [0.1, 0.15) is 23.1 Å². The largest absolute Gasteiger partial charge is 0.489 e. The molecule has 0 saturated carbocycles. The van der Waals surface area contributed by atoms with E-state index in [0.717, 1.165) is 79.5 Å². The molecule has 1 fully saturated rings. The molecule has 1 aliphatic carbocycles. The summed E-state index contributed by atoms with van der Waals surface area (Å²) < 4.78 is 39.5. The molecule has 2 N–H and O–H groups in total. The molecule has 2 aliphatic rings. The maximum absolute atomic E-state index is 11.1. The van der Waals surface area contributed by atoms with E-state index in [1.807, 2.05) is 30.3 Å². The third-order valence-electron chi connectivity index (χ3n) is 7.70. The molecule has 2 heterocycles. The molecule has 1 aromatic heterocycles. The van der Waals surface area contributed by atoms with Crippen molar-refractivity contribution in [3.05, 3.63) is 64.2 Å². The van der Waals surface area contributed by atoms with Crippen molar-refractivity contribution in [2.45, 2.75) is 25.9 Å². The Morgan fingerprint density at radius 3 is 2.33 bits per heavy atom. The monoisotopic (exact) mass is 701 g/mol. The Bertz CT molecular complexity index is 1490. The first-order valence-corrected chi connectivity index (χ1v) is 17.2. The number of aryl methyl sites for hydroxylation is 1. The van der Waals surface area contributed by atoms with Crippen LogP contribution in [-0.4, -0.2) is 94.4 Å². The van der Waals surface area contributed by atoms with E-state index in [0.29, 0.717) is 50.4 Å². The molecule has 0 spiro atoms. The zero-order chi connectivity index (χ0) is 30.2. The molecule has 10 nitrogen and oxygen atoms in total. The van der Waals surface area contributed by atoms with E-state index in [2.05, 4.69) is 26.9 Å². The second kappa shape index (κ2) is 17.5. The van der Waals surface area contributed by atoms with Crippen LogP contribution in [0.25, 0.3) is 11.3 Å². The van der Waals surface area contributed by atoms with E-state index in [1.165, 1.54) is 11.8 Å². The van der Waals surface area contributed by atoms with Gasteiger partial charge in [-0.25, -0.2) is 13.4 Å². The average Bonchev–Trinajstić information content (AvgIpc) is 2.99. The Kier molecular flexibility index (Phi) is 14.4. The van der Waals surface area contributed by atoms with Gasteiger partial charge in [-0.3, -0.25) is 4.90 Å². The summed E-state index contributed by atoms with van der Waals surface area (Å²) in [5.74, 6) is 2.22. The van der Waals surface area contributed by atoms with E-state index in [-0.39, 0.29) is 30.6 Å². The summed E-state index contributed by atoms with van der Waals surface area (Å²) in [7, 11) is -2.93. The maximum atomic E-state index is 11.1. The lowest BCUT2D eigenvalue weighted by molar-refractivity contribution is 0.0384. The standard InChI is InChI=1S/C31H40ClN5O5S.2ClH/c1-43(38,39)20-2-16-40-18-19-41-17-15-36-11-13-37(14-12-36)30-28-9-5-24-21-26(42-22-23-3-6-25(32)7-4-23)8-10-27(24)29(28)34-31(33)35-30;;/h3-4,6-8,10,21H,2,5,9,11-20,22H2,1H3,(H2,33,34,35);2*1H. The number of rotatable bonds is 14. The van der Waals surface area contributed by atoms with Crippen LogP contribution in [-0.2, 0) is 38.8 Å². The fraction of sp³-hybridized carbons (Fsp3) is 0.484. The normalized spacial score (nSPS) is 14.6. The Labute approximate surface area is 283 Å². The molecule has 14 heteroatoms. The third kappa shape index (κ3) is 10.8. The first-order valence-electron chi connectivity index (χ1n) is 14.7. The second-order valence-corrected chi connectivity index (χ2v) is 13.7. The maximum Gasteiger partial charge on any atom is 0.222 e. The highest BCUT2D eigenvalue weighted by molar-refractivity contribution is 7.90. The topological polar surface area (TPSA) is 120 Å². The lowest BCUT2D eigenvalue weighted by Gasteiger charge is -2.37. The summed E-state index contributed by atoms with van der Waals surface area (Å²) in [4.78, 5) is 14.1. The summed E-state index contributed by atoms with van der Waals surface area (Å²) in [6.45, 7) is 6.90. The van der Waals surface area contributed by atoms with Gasteiger partial charge < -0.3 is 24.8 Å². The summed E-state index contributed by atoms with van der Waals surface area (Å²) in [5, 5.41) is 0.712. The molecule has 0 bridgehead atoms. The Morgan fingerprint density at radius 1 is 0.911 bits per heavy atom. The number of hydrogen-bond donors (Lipinski definition) is 1. The van der Waals surface area contributed by atoms with E-state index in [9.17, 15) is 8.42 Å². The van der Waals surface area contributed by atoms with Crippen LogP contribution < -0.4 is 15.4 Å². The van der Waals surface area contributed by atoms with E-state index in [4.69, 9.17) is 36.5 Å². The van der Waals surface area contributed by atoms with Crippen molar-refractivity contribution in [1.29, 1.82) is 0 Å². The lowest BCUT2D eigenvalue weighted by Crippen LogP contribution is -2.48. The van der Waals surface area contributed by atoms with Gasteiger partial charge in [0.1, 0.15) is 28.0 Å². The van der Waals surface area contributed by atoms with Crippen LogP contribution in [0.15, 0.2) is 42.5 Å². The van der Waals surface area contributed by atoms with Crippen molar-refractivity contribution in [3.8, 4) is 17.0 Å². The minimum Gasteiger partial charge on any atom is -0.489 e.